The Morgan fingerprint density at radius 3 is 2.59 bits per heavy atom. The molecule has 7 nitrogen and oxygen atoms in total. The highest BCUT2D eigenvalue weighted by atomic mass is 16.5. The first-order valence-corrected chi connectivity index (χ1v) is 6.78. The number of rotatable bonds is 6. The number of carboxylic acid groups (broad SMARTS) is 1. The maximum Gasteiger partial charge on any atom is 0.303 e. The summed E-state index contributed by atoms with van der Waals surface area (Å²) in [6.07, 6.45) is -0.138. The highest BCUT2D eigenvalue weighted by Gasteiger charge is 2.11. The van der Waals surface area contributed by atoms with E-state index in [1.165, 1.54) is 0 Å². The van der Waals surface area contributed by atoms with Gasteiger partial charge in [-0.15, -0.1) is 0 Å². The number of aryl methyl sites for hydroxylation is 1. The average molecular weight is 304 g/mol. The second-order valence-electron chi connectivity index (χ2n) is 4.55. The molecule has 2 rings (SSSR count). The third-order valence-electron chi connectivity index (χ3n) is 2.95. The van der Waals surface area contributed by atoms with Gasteiger partial charge in [0, 0.05) is 12.5 Å². The lowest BCUT2D eigenvalue weighted by Crippen LogP contribution is -2.21. The quantitative estimate of drug-likeness (QED) is 0.835. The molecular formula is C15H16N2O5. The van der Waals surface area contributed by atoms with E-state index in [1.54, 1.807) is 24.3 Å². The Morgan fingerprint density at radius 2 is 2.00 bits per heavy atom. The van der Waals surface area contributed by atoms with E-state index in [9.17, 15) is 14.7 Å². The van der Waals surface area contributed by atoms with E-state index in [2.05, 4.69) is 5.10 Å². The monoisotopic (exact) mass is 304 g/mol. The molecule has 0 unspecified atom stereocenters. The molecule has 1 aromatic carbocycles. The van der Waals surface area contributed by atoms with E-state index in [-0.39, 0.29) is 24.3 Å². The molecule has 2 N–H and O–H groups in total. The molecule has 0 amide bonds. The average Bonchev–Trinajstić information content (AvgIpc) is 2.47. The first-order valence-electron chi connectivity index (χ1n) is 6.78. The molecular weight excluding hydrogens is 288 g/mol. The van der Waals surface area contributed by atoms with Crippen LogP contribution in [-0.2, 0) is 11.2 Å². The summed E-state index contributed by atoms with van der Waals surface area (Å²) in [5.74, 6) is -0.627. The number of aromatic nitrogens is 2. The van der Waals surface area contributed by atoms with Gasteiger partial charge in [-0.2, -0.15) is 9.78 Å². The summed E-state index contributed by atoms with van der Waals surface area (Å²) in [5, 5.41) is 22.4. The van der Waals surface area contributed by atoms with Crippen LogP contribution >= 0.6 is 0 Å². The Kier molecular flexibility index (Phi) is 4.77. The molecule has 1 heterocycles. The largest absolute Gasteiger partial charge is 0.506 e. The molecule has 0 radical (unpaired) electrons. The lowest BCUT2D eigenvalue weighted by Gasteiger charge is -2.09. The van der Waals surface area contributed by atoms with Crippen LogP contribution in [-0.4, -0.2) is 32.6 Å². The van der Waals surface area contributed by atoms with Crippen LogP contribution < -0.4 is 10.3 Å². The minimum absolute atomic E-state index is 0.0402. The normalized spacial score (nSPS) is 10.4. The molecule has 7 heteroatoms. The molecule has 0 atom stereocenters. The summed E-state index contributed by atoms with van der Waals surface area (Å²) in [4.78, 5) is 22.5. The number of ether oxygens (including phenoxy) is 1. The standard InChI is InChI=1S/C15H16N2O5/c1-2-22-11-5-3-10(4-6-11)17-14(19)9-13(18)12(16-17)7-8-15(20)21/h3-6,9,18H,2,7-8H2,1H3,(H,20,21). The van der Waals surface area contributed by atoms with Gasteiger partial charge in [-0.1, -0.05) is 0 Å². The summed E-state index contributed by atoms with van der Waals surface area (Å²) in [5.41, 5.74) is 0.168. The van der Waals surface area contributed by atoms with Crippen molar-refractivity contribution in [2.45, 2.75) is 19.8 Å². The van der Waals surface area contributed by atoms with Crippen molar-refractivity contribution in [1.29, 1.82) is 0 Å². The van der Waals surface area contributed by atoms with Gasteiger partial charge in [0.05, 0.1) is 18.7 Å². The van der Waals surface area contributed by atoms with Crippen LogP contribution in [0.3, 0.4) is 0 Å². The van der Waals surface area contributed by atoms with Gasteiger partial charge in [0.1, 0.15) is 17.2 Å². The SMILES string of the molecule is CCOc1ccc(-n2nc(CCC(=O)O)c(O)cc2=O)cc1. The minimum atomic E-state index is -1.000. The third kappa shape index (κ3) is 3.63. The summed E-state index contributed by atoms with van der Waals surface area (Å²) in [6, 6.07) is 7.77. The number of aromatic hydroxyl groups is 1. The van der Waals surface area contributed by atoms with Crippen molar-refractivity contribution in [2.75, 3.05) is 6.61 Å². The van der Waals surface area contributed by atoms with E-state index in [1.807, 2.05) is 6.92 Å². The van der Waals surface area contributed by atoms with Crippen LogP contribution in [0.1, 0.15) is 19.0 Å². The molecule has 2 aromatic rings. The lowest BCUT2D eigenvalue weighted by molar-refractivity contribution is -0.136. The van der Waals surface area contributed by atoms with Gasteiger partial charge in [0.15, 0.2) is 0 Å². The molecule has 22 heavy (non-hydrogen) atoms. The summed E-state index contributed by atoms with van der Waals surface area (Å²) in [7, 11) is 0. The first kappa shape index (κ1) is 15.6. The van der Waals surface area contributed by atoms with Crippen molar-refractivity contribution < 1.29 is 19.7 Å². The molecule has 0 saturated carbocycles. The van der Waals surface area contributed by atoms with Crippen LogP contribution in [0, 0.1) is 0 Å². The van der Waals surface area contributed by atoms with Crippen molar-refractivity contribution in [2.24, 2.45) is 0 Å². The predicted octanol–water partition coefficient (Wildman–Crippen LogP) is 1.35. The molecule has 0 saturated heterocycles. The van der Waals surface area contributed by atoms with Gasteiger partial charge in [-0.25, -0.2) is 0 Å². The van der Waals surface area contributed by atoms with Crippen LogP contribution in [0.5, 0.6) is 11.5 Å². The Labute approximate surface area is 126 Å². The van der Waals surface area contributed by atoms with Crippen LogP contribution in [0.15, 0.2) is 35.1 Å². The maximum atomic E-state index is 11.9. The topological polar surface area (TPSA) is 102 Å². The lowest BCUT2D eigenvalue weighted by atomic mass is 10.2. The van der Waals surface area contributed by atoms with Gasteiger partial charge in [0.2, 0.25) is 0 Å². The Bertz CT molecular complexity index is 722. The Balaban J connectivity index is 2.35. The molecule has 1 aromatic heterocycles. The van der Waals surface area contributed by atoms with Crippen molar-refractivity contribution in [3.63, 3.8) is 0 Å². The molecule has 116 valence electrons. The fourth-order valence-electron chi connectivity index (χ4n) is 1.92. The fourth-order valence-corrected chi connectivity index (χ4v) is 1.92. The van der Waals surface area contributed by atoms with E-state index < -0.39 is 11.5 Å². The zero-order chi connectivity index (χ0) is 16.1. The third-order valence-corrected chi connectivity index (χ3v) is 2.95. The van der Waals surface area contributed by atoms with Crippen LogP contribution in [0.25, 0.3) is 5.69 Å². The molecule has 0 spiro atoms. The minimum Gasteiger partial charge on any atom is -0.506 e. The second kappa shape index (κ2) is 6.75. The number of carboxylic acids is 1. The van der Waals surface area contributed by atoms with Crippen molar-refractivity contribution in [3.8, 4) is 17.2 Å². The highest BCUT2D eigenvalue weighted by molar-refractivity contribution is 5.67. The van der Waals surface area contributed by atoms with Crippen molar-refractivity contribution in [1.82, 2.24) is 9.78 Å². The molecule has 0 bridgehead atoms. The zero-order valence-corrected chi connectivity index (χ0v) is 12.0. The van der Waals surface area contributed by atoms with Gasteiger partial charge >= 0.3 is 5.97 Å². The zero-order valence-electron chi connectivity index (χ0n) is 12.0. The van der Waals surface area contributed by atoms with Gasteiger partial charge in [-0.3, -0.25) is 9.59 Å². The number of carbonyl (C=O) groups is 1. The Morgan fingerprint density at radius 1 is 1.32 bits per heavy atom. The van der Waals surface area contributed by atoms with Crippen molar-refractivity contribution in [3.05, 3.63) is 46.4 Å². The van der Waals surface area contributed by atoms with E-state index in [0.29, 0.717) is 18.0 Å². The number of aliphatic carboxylic acids is 1. The van der Waals surface area contributed by atoms with Crippen LogP contribution in [0.4, 0.5) is 0 Å². The van der Waals surface area contributed by atoms with Crippen LogP contribution in [0.2, 0.25) is 0 Å². The van der Waals surface area contributed by atoms with Gasteiger partial charge < -0.3 is 14.9 Å². The number of nitrogens with zero attached hydrogens (tertiary/aromatic N) is 2. The smallest absolute Gasteiger partial charge is 0.303 e. The van der Waals surface area contributed by atoms with E-state index in [4.69, 9.17) is 9.84 Å². The second-order valence-corrected chi connectivity index (χ2v) is 4.55. The fraction of sp³-hybridized carbons (Fsp3) is 0.267. The maximum absolute atomic E-state index is 11.9. The van der Waals surface area contributed by atoms with E-state index in [0.717, 1.165) is 10.7 Å². The first-order chi connectivity index (χ1) is 10.5. The molecule has 0 aliphatic heterocycles. The molecule has 0 fully saturated rings. The molecule has 0 aliphatic rings. The summed E-state index contributed by atoms with van der Waals surface area (Å²) in [6.45, 7) is 2.41. The predicted molar refractivity (Wildman–Crippen MR) is 78.6 cm³/mol. The number of hydrogen-bond acceptors (Lipinski definition) is 5. The number of benzene rings is 1. The van der Waals surface area contributed by atoms with Crippen molar-refractivity contribution >= 4 is 5.97 Å². The van der Waals surface area contributed by atoms with Gasteiger partial charge in [0.25, 0.3) is 5.56 Å². The molecule has 0 aliphatic carbocycles. The van der Waals surface area contributed by atoms with E-state index >= 15 is 0 Å². The summed E-state index contributed by atoms with van der Waals surface area (Å²) >= 11 is 0. The highest BCUT2D eigenvalue weighted by Crippen LogP contribution is 2.17. The number of hydrogen-bond donors (Lipinski definition) is 2. The van der Waals surface area contributed by atoms with Gasteiger partial charge in [-0.05, 0) is 31.2 Å². The Hall–Kier alpha value is -2.83. The summed E-state index contributed by atoms with van der Waals surface area (Å²) < 4.78 is 6.44.